The molecule has 114 valence electrons. The third-order valence-electron chi connectivity index (χ3n) is 3.33. The van der Waals surface area contributed by atoms with E-state index in [4.69, 9.17) is 0 Å². The minimum atomic E-state index is -4.72. The Labute approximate surface area is 124 Å². The summed E-state index contributed by atoms with van der Waals surface area (Å²) in [5.41, 5.74) is 2.96. The van der Waals surface area contributed by atoms with Crippen molar-refractivity contribution in [3.05, 3.63) is 48.2 Å². The molecule has 3 rings (SSSR count). The molecule has 0 radical (unpaired) electrons. The van der Waals surface area contributed by atoms with Gasteiger partial charge in [0, 0.05) is 28.2 Å². The minimum absolute atomic E-state index is 0.128. The van der Waals surface area contributed by atoms with E-state index in [-0.39, 0.29) is 11.5 Å². The predicted octanol–water partition coefficient (Wildman–Crippen LogP) is 4.75. The quantitative estimate of drug-likeness (QED) is 0.718. The van der Waals surface area contributed by atoms with Gasteiger partial charge in [-0.3, -0.25) is 0 Å². The first-order valence-electron chi connectivity index (χ1n) is 6.51. The van der Waals surface area contributed by atoms with E-state index < -0.39 is 6.36 Å². The van der Waals surface area contributed by atoms with Gasteiger partial charge in [0.25, 0.3) is 0 Å². The second-order valence-electron chi connectivity index (χ2n) is 4.93. The van der Waals surface area contributed by atoms with Crippen molar-refractivity contribution >= 4 is 10.9 Å². The smallest absolute Gasteiger partial charge is 0.508 e. The van der Waals surface area contributed by atoms with E-state index in [0.717, 1.165) is 22.2 Å². The van der Waals surface area contributed by atoms with E-state index >= 15 is 0 Å². The summed E-state index contributed by atoms with van der Waals surface area (Å²) >= 11 is 0. The second kappa shape index (κ2) is 4.98. The number of hydrogen-bond acceptors (Lipinski definition) is 2. The molecule has 0 saturated heterocycles. The van der Waals surface area contributed by atoms with Crippen LogP contribution < -0.4 is 4.74 Å². The summed E-state index contributed by atoms with van der Waals surface area (Å²) < 4.78 is 40.7. The molecule has 0 bridgehead atoms. The van der Waals surface area contributed by atoms with Crippen LogP contribution >= 0.6 is 0 Å². The van der Waals surface area contributed by atoms with Crippen LogP contribution in [0.15, 0.2) is 42.5 Å². The molecule has 2 aromatic carbocycles. The Hall–Kier alpha value is -2.63. The summed E-state index contributed by atoms with van der Waals surface area (Å²) in [7, 11) is 0. The average molecular weight is 307 g/mol. The van der Waals surface area contributed by atoms with Crippen LogP contribution in [0.5, 0.6) is 11.5 Å². The fraction of sp³-hybridized carbons (Fsp3) is 0.125. The molecule has 0 aliphatic rings. The highest BCUT2D eigenvalue weighted by Gasteiger charge is 2.31. The van der Waals surface area contributed by atoms with Crippen LogP contribution in [0, 0.1) is 6.92 Å². The van der Waals surface area contributed by atoms with Crippen molar-refractivity contribution in [3.63, 3.8) is 0 Å². The second-order valence-corrected chi connectivity index (χ2v) is 4.93. The summed E-state index contributed by atoms with van der Waals surface area (Å²) in [5.74, 6) is -0.146. The number of aromatic nitrogens is 1. The molecule has 0 spiro atoms. The van der Waals surface area contributed by atoms with Crippen molar-refractivity contribution in [2.75, 3.05) is 0 Å². The van der Waals surface area contributed by atoms with Crippen LogP contribution in [0.25, 0.3) is 22.0 Å². The van der Waals surface area contributed by atoms with Crippen LogP contribution in [0.4, 0.5) is 13.2 Å². The summed E-state index contributed by atoms with van der Waals surface area (Å²) in [5, 5.41) is 10.4. The number of aromatic amines is 1. The number of rotatable bonds is 2. The van der Waals surface area contributed by atoms with Crippen LogP contribution in [0.3, 0.4) is 0 Å². The number of benzene rings is 2. The maximum atomic E-state index is 12.3. The zero-order valence-corrected chi connectivity index (χ0v) is 11.5. The van der Waals surface area contributed by atoms with E-state index in [9.17, 15) is 18.3 Å². The van der Waals surface area contributed by atoms with Crippen LogP contribution in [0.2, 0.25) is 0 Å². The van der Waals surface area contributed by atoms with E-state index in [1.807, 2.05) is 13.0 Å². The molecular weight excluding hydrogens is 295 g/mol. The van der Waals surface area contributed by atoms with Gasteiger partial charge in [-0.05, 0) is 36.8 Å². The molecule has 0 fully saturated rings. The lowest BCUT2D eigenvalue weighted by atomic mass is 10.0. The van der Waals surface area contributed by atoms with E-state index in [0.29, 0.717) is 5.52 Å². The lowest BCUT2D eigenvalue weighted by molar-refractivity contribution is -0.274. The fourth-order valence-electron chi connectivity index (χ4n) is 2.54. The number of phenols is 1. The number of fused-ring (bicyclic) bond motifs is 1. The van der Waals surface area contributed by atoms with E-state index in [2.05, 4.69) is 9.72 Å². The van der Waals surface area contributed by atoms with Gasteiger partial charge in [-0.1, -0.05) is 12.1 Å². The Morgan fingerprint density at radius 1 is 1.09 bits per heavy atom. The molecule has 1 heterocycles. The van der Waals surface area contributed by atoms with Crippen molar-refractivity contribution in [3.8, 4) is 22.6 Å². The molecule has 0 unspecified atom stereocenters. The first kappa shape index (κ1) is 14.3. The van der Waals surface area contributed by atoms with Gasteiger partial charge in [0.1, 0.15) is 11.5 Å². The van der Waals surface area contributed by atoms with Crippen LogP contribution in [-0.4, -0.2) is 16.5 Å². The first-order valence-corrected chi connectivity index (χ1v) is 6.51. The Balaban J connectivity index is 2.11. The minimum Gasteiger partial charge on any atom is -0.508 e. The molecular formula is C16H12F3NO2. The molecule has 0 aliphatic heterocycles. The summed E-state index contributed by atoms with van der Waals surface area (Å²) in [6, 6.07) is 10.9. The molecule has 1 aromatic heterocycles. The SMILES string of the molecule is Cc1[nH]c2cc(OC(F)(F)F)ccc2c1-c1cccc(O)c1. The highest BCUT2D eigenvalue weighted by atomic mass is 19.4. The normalized spacial score (nSPS) is 11.8. The van der Waals surface area contributed by atoms with Gasteiger partial charge in [0.2, 0.25) is 0 Å². The third kappa shape index (κ3) is 2.72. The van der Waals surface area contributed by atoms with E-state index in [1.165, 1.54) is 12.1 Å². The van der Waals surface area contributed by atoms with Crippen molar-refractivity contribution in [1.29, 1.82) is 0 Å². The maximum absolute atomic E-state index is 12.3. The van der Waals surface area contributed by atoms with Crippen molar-refractivity contribution in [1.82, 2.24) is 4.98 Å². The summed E-state index contributed by atoms with van der Waals surface area (Å²) in [6.07, 6.45) is -4.72. The molecule has 22 heavy (non-hydrogen) atoms. The van der Waals surface area contributed by atoms with Crippen molar-refractivity contribution in [2.45, 2.75) is 13.3 Å². The Morgan fingerprint density at radius 3 is 2.55 bits per heavy atom. The topological polar surface area (TPSA) is 45.2 Å². The summed E-state index contributed by atoms with van der Waals surface area (Å²) in [4.78, 5) is 3.04. The molecule has 0 aliphatic carbocycles. The van der Waals surface area contributed by atoms with Gasteiger partial charge < -0.3 is 14.8 Å². The fourth-order valence-corrected chi connectivity index (χ4v) is 2.54. The number of nitrogens with one attached hydrogen (secondary N) is 1. The number of ether oxygens (including phenoxy) is 1. The molecule has 0 atom stereocenters. The highest BCUT2D eigenvalue weighted by Crippen LogP contribution is 2.35. The lowest BCUT2D eigenvalue weighted by Gasteiger charge is -2.08. The van der Waals surface area contributed by atoms with Gasteiger partial charge >= 0.3 is 6.36 Å². The zero-order valence-electron chi connectivity index (χ0n) is 11.5. The zero-order chi connectivity index (χ0) is 15.9. The van der Waals surface area contributed by atoms with Gasteiger partial charge in [-0.2, -0.15) is 0 Å². The molecule has 2 N–H and O–H groups in total. The molecule has 0 saturated carbocycles. The molecule has 3 aromatic rings. The van der Waals surface area contributed by atoms with Crippen LogP contribution in [0.1, 0.15) is 5.69 Å². The number of hydrogen-bond donors (Lipinski definition) is 2. The Bertz CT molecular complexity index is 837. The molecule has 0 amide bonds. The van der Waals surface area contributed by atoms with Gasteiger partial charge in [0.05, 0.1) is 0 Å². The summed E-state index contributed by atoms with van der Waals surface area (Å²) in [6.45, 7) is 1.82. The Morgan fingerprint density at radius 2 is 1.86 bits per heavy atom. The first-order chi connectivity index (χ1) is 10.3. The lowest BCUT2D eigenvalue weighted by Crippen LogP contribution is -2.16. The van der Waals surface area contributed by atoms with Gasteiger partial charge in [-0.25, -0.2) is 0 Å². The maximum Gasteiger partial charge on any atom is 0.573 e. The van der Waals surface area contributed by atoms with Crippen molar-refractivity contribution < 1.29 is 23.0 Å². The third-order valence-corrected chi connectivity index (χ3v) is 3.33. The van der Waals surface area contributed by atoms with Crippen LogP contribution in [-0.2, 0) is 0 Å². The number of alkyl halides is 3. The number of H-pyrrole nitrogens is 1. The number of aromatic hydroxyl groups is 1. The van der Waals surface area contributed by atoms with E-state index in [1.54, 1.807) is 24.3 Å². The van der Waals surface area contributed by atoms with Crippen molar-refractivity contribution in [2.24, 2.45) is 0 Å². The predicted molar refractivity (Wildman–Crippen MR) is 76.8 cm³/mol. The average Bonchev–Trinajstić information content (AvgIpc) is 2.72. The monoisotopic (exact) mass is 307 g/mol. The van der Waals surface area contributed by atoms with Gasteiger partial charge in [0.15, 0.2) is 0 Å². The number of halogens is 3. The highest BCUT2D eigenvalue weighted by molar-refractivity contribution is 5.98. The Kier molecular flexibility index (Phi) is 3.24. The van der Waals surface area contributed by atoms with Gasteiger partial charge in [-0.15, -0.1) is 13.2 Å². The number of aryl methyl sites for hydroxylation is 1. The number of phenolic OH excluding ortho intramolecular Hbond substituents is 1. The molecule has 6 heteroatoms. The largest absolute Gasteiger partial charge is 0.573 e. The standard InChI is InChI=1S/C16H12F3NO2/c1-9-15(10-3-2-4-11(21)7-10)13-6-5-12(8-14(13)20-9)22-16(17,18)19/h2-8,20-21H,1H3. The molecule has 3 nitrogen and oxygen atoms in total.